The van der Waals surface area contributed by atoms with E-state index in [9.17, 15) is 15.0 Å². The Balaban J connectivity index is 1.70. The second-order valence-corrected chi connectivity index (χ2v) is 7.82. The highest BCUT2D eigenvalue weighted by Crippen LogP contribution is 2.42. The van der Waals surface area contributed by atoms with Crippen LogP contribution >= 0.6 is 0 Å². The molecular weight excluding hydrogens is 380 g/mol. The molecule has 158 valence electrons. The van der Waals surface area contributed by atoms with Gasteiger partial charge < -0.3 is 19.7 Å². The maximum atomic E-state index is 12.6. The zero-order chi connectivity index (χ0) is 21.7. The van der Waals surface area contributed by atoms with Crippen LogP contribution in [0.5, 0.6) is 23.0 Å². The molecule has 1 heterocycles. The summed E-state index contributed by atoms with van der Waals surface area (Å²) in [7, 11) is 0. The number of fused-ring (bicyclic) bond motifs is 1. The number of carbonyl (C=O) groups excluding carboxylic acids is 1. The maximum absolute atomic E-state index is 12.6. The van der Waals surface area contributed by atoms with Gasteiger partial charge in [-0.25, -0.2) is 0 Å². The Labute approximate surface area is 177 Å². The summed E-state index contributed by atoms with van der Waals surface area (Å²) in [4.78, 5) is 12.6. The highest BCUT2D eigenvalue weighted by atomic mass is 16.5. The van der Waals surface area contributed by atoms with Crippen molar-refractivity contribution in [1.82, 2.24) is 0 Å². The number of carbonyl (C=O) groups is 1. The van der Waals surface area contributed by atoms with Crippen molar-refractivity contribution in [1.29, 1.82) is 0 Å². The lowest BCUT2D eigenvalue weighted by Crippen LogP contribution is -2.20. The zero-order valence-electron chi connectivity index (χ0n) is 17.6. The maximum Gasteiger partial charge on any atom is 0.174 e. The molecule has 0 spiro atoms. The van der Waals surface area contributed by atoms with Crippen LogP contribution in [0.1, 0.15) is 62.1 Å². The Hall–Kier alpha value is -3.21. The Morgan fingerprint density at radius 1 is 1.13 bits per heavy atom. The molecule has 5 heteroatoms. The first-order chi connectivity index (χ1) is 14.3. The van der Waals surface area contributed by atoms with Gasteiger partial charge >= 0.3 is 0 Å². The van der Waals surface area contributed by atoms with E-state index in [4.69, 9.17) is 9.47 Å². The summed E-state index contributed by atoms with van der Waals surface area (Å²) >= 11 is 0. The lowest BCUT2D eigenvalue weighted by atomic mass is 9.95. The molecule has 0 fully saturated rings. The first kappa shape index (κ1) is 21.5. The van der Waals surface area contributed by atoms with Gasteiger partial charge in [-0.1, -0.05) is 29.4 Å². The fourth-order valence-corrected chi connectivity index (χ4v) is 3.34. The predicted octanol–water partition coefficient (Wildman–Crippen LogP) is 5.88. The van der Waals surface area contributed by atoms with Crippen LogP contribution in [0.3, 0.4) is 0 Å². The molecule has 0 amide bonds. The summed E-state index contributed by atoms with van der Waals surface area (Å²) in [6.45, 7) is 6.61. The minimum Gasteiger partial charge on any atom is -0.508 e. The Morgan fingerprint density at radius 3 is 2.57 bits per heavy atom. The Morgan fingerprint density at radius 2 is 1.87 bits per heavy atom. The molecule has 0 bridgehead atoms. The molecule has 5 nitrogen and oxygen atoms in total. The molecule has 2 aromatic carbocycles. The summed E-state index contributed by atoms with van der Waals surface area (Å²) in [5.74, 6) is 0.579. The highest BCUT2D eigenvalue weighted by molar-refractivity contribution is 6.02. The molecule has 1 aliphatic rings. The fraction of sp³-hybridized carbons (Fsp3) is 0.320. The lowest BCUT2D eigenvalue weighted by Gasteiger charge is -2.26. The van der Waals surface area contributed by atoms with E-state index in [2.05, 4.69) is 26.8 Å². The van der Waals surface area contributed by atoms with E-state index < -0.39 is 6.10 Å². The molecule has 0 aromatic heterocycles. The van der Waals surface area contributed by atoms with Crippen molar-refractivity contribution in [3.05, 3.63) is 70.8 Å². The number of hydrogen-bond acceptors (Lipinski definition) is 5. The average molecular weight is 408 g/mol. The fourth-order valence-electron chi connectivity index (χ4n) is 3.34. The summed E-state index contributed by atoms with van der Waals surface area (Å²) in [6, 6.07) is 9.66. The van der Waals surface area contributed by atoms with Crippen LogP contribution < -0.4 is 9.47 Å². The van der Waals surface area contributed by atoms with E-state index in [-0.39, 0.29) is 29.3 Å². The summed E-state index contributed by atoms with van der Waals surface area (Å²) in [6.07, 6.45) is 5.84. The van der Waals surface area contributed by atoms with Gasteiger partial charge in [0.2, 0.25) is 0 Å². The highest BCUT2D eigenvalue weighted by Gasteiger charge is 2.31. The van der Waals surface area contributed by atoms with Gasteiger partial charge in [-0.05, 0) is 57.4 Å². The van der Waals surface area contributed by atoms with Crippen LogP contribution in [0.25, 0.3) is 0 Å². The quantitative estimate of drug-likeness (QED) is 0.560. The monoisotopic (exact) mass is 408 g/mol. The van der Waals surface area contributed by atoms with Crippen molar-refractivity contribution in [3.63, 3.8) is 0 Å². The smallest absolute Gasteiger partial charge is 0.174 e. The Bertz CT molecular complexity index is 966. The van der Waals surface area contributed by atoms with Crippen LogP contribution in [0.15, 0.2) is 59.7 Å². The SMILES string of the molecule is CC(C)=CCCC(C)=CCOc1cc(O)c2c(c1)OC(c1ccc(O)cc1)CC2=O. The van der Waals surface area contributed by atoms with E-state index in [0.717, 1.165) is 18.4 Å². The van der Waals surface area contributed by atoms with Crippen LogP contribution in [0.2, 0.25) is 0 Å². The van der Waals surface area contributed by atoms with Crippen LogP contribution in [0.4, 0.5) is 0 Å². The van der Waals surface area contributed by atoms with Gasteiger partial charge in [-0.15, -0.1) is 0 Å². The largest absolute Gasteiger partial charge is 0.508 e. The normalized spacial score (nSPS) is 15.9. The number of phenols is 2. The van der Waals surface area contributed by atoms with Crippen LogP contribution in [-0.4, -0.2) is 22.6 Å². The first-order valence-corrected chi connectivity index (χ1v) is 10.1. The van der Waals surface area contributed by atoms with Gasteiger partial charge in [0.25, 0.3) is 0 Å². The minimum atomic E-state index is -0.475. The van der Waals surface area contributed by atoms with E-state index in [1.54, 1.807) is 30.3 Å². The molecule has 30 heavy (non-hydrogen) atoms. The van der Waals surface area contributed by atoms with E-state index >= 15 is 0 Å². The van der Waals surface area contributed by atoms with E-state index in [1.165, 1.54) is 17.2 Å². The third-order valence-electron chi connectivity index (χ3n) is 5.01. The lowest BCUT2D eigenvalue weighted by molar-refractivity contribution is 0.0844. The van der Waals surface area contributed by atoms with Crippen molar-refractivity contribution in [2.75, 3.05) is 6.61 Å². The number of phenolic OH excluding ortho intramolecular Hbond substituents is 2. The van der Waals surface area contributed by atoms with Gasteiger partial charge in [0.1, 0.15) is 41.3 Å². The molecule has 1 aliphatic heterocycles. The third kappa shape index (κ3) is 5.44. The summed E-state index contributed by atoms with van der Waals surface area (Å²) in [5.41, 5.74) is 3.51. The molecule has 2 N–H and O–H groups in total. The van der Waals surface area contributed by atoms with E-state index in [0.29, 0.717) is 18.1 Å². The molecule has 0 saturated heterocycles. The topological polar surface area (TPSA) is 76.0 Å². The third-order valence-corrected chi connectivity index (χ3v) is 5.01. The number of allylic oxidation sites excluding steroid dienone is 3. The zero-order valence-corrected chi connectivity index (χ0v) is 17.6. The molecule has 0 aliphatic carbocycles. The number of rotatable bonds is 7. The van der Waals surface area contributed by atoms with Crippen molar-refractivity contribution in [3.8, 4) is 23.0 Å². The molecule has 1 unspecified atom stereocenters. The van der Waals surface area contributed by atoms with Crippen LogP contribution in [-0.2, 0) is 0 Å². The molecular formula is C25H28O5. The van der Waals surface area contributed by atoms with Crippen molar-refractivity contribution in [2.45, 2.75) is 46.1 Å². The van der Waals surface area contributed by atoms with Crippen molar-refractivity contribution < 1.29 is 24.5 Å². The number of hydrogen-bond donors (Lipinski definition) is 2. The number of benzene rings is 2. The van der Waals surface area contributed by atoms with Gasteiger partial charge in [-0.2, -0.15) is 0 Å². The standard InChI is InChI=1S/C25H28O5/c1-16(2)5-4-6-17(3)11-12-29-20-13-21(27)25-22(28)15-23(30-24(25)14-20)18-7-9-19(26)10-8-18/h5,7-11,13-14,23,26-27H,4,6,12,15H2,1-3H3. The van der Waals surface area contributed by atoms with E-state index in [1.807, 2.05) is 6.08 Å². The number of Topliss-reactive ketones (excluding diaryl/α,β-unsaturated/α-hetero) is 1. The van der Waals surface area contributed by atoms with Crippen LogP contribution in [0, 0.1) is 0 Å². The number of ether oxygens (including phenoxy) is 2. The van der Waals surface area contributed by atoms with Crippen molar-refractivity contribution >= 4 is 5.78 Å². The number of ketones is 1. The van der Waals surface area contributed by atoms with Gasteiger partial charge in [0.15, 0.2) is 5.78 Å². The second-order valence-electron chi connectivity index (χ2n) is 7.82. The molecule has 2 aromatic rings. The van der Waals surface area contributed by atoms with Gasteiger partial charge in [0, 0.05) is 12.1 Å². The first-order valence-electron chi connectivity index (χ1n) is 10.1. The molecule has 3 rings (SSSR count). The van der Waals surface area contributed by atoms with Crippen molar-refractivity contribution in [2.24, 2.45) is 0 Å². The molecule has 0 radical (unpaired) electrons. The average Bonchev–Trinajstić information content (AvgIpc) is 2.67. The second kappa shape index (κ2) is 9.53. The predicted molar refractivity (Wildman–Crippen MR) is 116 cm³/mol. The molecule has 0 saturated carbocycles. The van der Waals surface area contributed by atoms with Gasteiger partial charge in [0.05, 0.1) is 6.42 Å². The minimum absolute atomic E-state index is 0.124. The summed E-state index contributed by atoms with van der Waals surface area (Å²) in [5, 5.41) is 19.8. The number of aromatic hydroxyl groups is 2. The summed E-state index contributed by atoms with van der Waals surface area (Å²) < 4.78 is 11.8. The van der Waals surface area contributed by atoms with Gasteiger partial charge in [-0.3, -0.25) is 4.79 Å². The molecule has 1 atom stereocenters. The Kier molecular flexibility index (Phi) is 6.83.